The van der Waals surface area contributed by atoms with Crippen molar-refractivity contribution in [2.24, 2.45) is 0 Å². The van der Waals surface area contributed by atoms with Crippen LogP contribution in [0.2, 0.25) is 5.02 Å². The maximum absolute atomic E-state index is 12.8. The van der Waals surface area contributed by atoms with Crippen molar-refractivity contribution >= 4 is 29.3 Å². The number of halogens is 1. The van der Waals surface area contributed by atoms with Crippen LogP contribution in [0.15, 0.2) is 28.3 Å². The van der Waals surface area contributed by atoms with E-state index in [-0.39, 0.29) is 23.6 Å². The van der Waals surface area contributed by atoms with E-state index in [0.717, 1.165) is 41.4 Å². The van der Waals surface area contributed by atoms with Gasteiger partial charge in [-0.2, -0.15) is 0 Å². The number of thioether (sulfide) groups is 1. The fourth-order valence-electron chi connectivity index (χ4n) is 3.95. The topological polar surface area (TPSA) is 77.3 Å². The summed E-state index contributed by atoms with van der Waals surface area (Å²) in [5.41, 5.74) is 1.85. The molecule has 0 bridgehead atoms. The molecule has 2 aromatic heterocycles. The summed E-state index contributed by atoms with van der Waals surface area (Å²) < 4.78 is 7.50. The summed E-state index contributed by atoms with van der Waals surface area (Å²) in [6.45, 7) is 1.07. The minimum absolute atomic E-state index is 0.0507. The van der Waals surface area contributed by atoms with Gasteiger partial charge in [0.15, 0.2) is 5.16 Å². The Labute approximate surface area is 171 Å². The van der Waals surface area contributed by atoms with Crippen molar-refractivity contribution in [2.75, 3.05) is 18.8 Å². The number of aromatic nitrogens is 3. The highest BCUT2D eigenvalue weighted by Gasteiger charge is 2.36. The number of nitrogens with zero attached hydrogens (tertiary/aromatic N) is 4. The van der Waals surface area contributed by atoms with Crippen LogP contribution >= 0.6 is 23.4 Å². The molecule has 0 spiro atoms. The van der Waals surface area contributed by atoms with Crippen LogP contribution < -0.4 is 10.3 Å². The maximum Gasteiger partial charge on any atom is 0.257 e. The lowest BCUT2D eigenvalue weighted by Gasteiger charge is -2.39. The first kappa shape index (κ1) is 18.0. The van der Waals surface area contributed by atoms with Gasteiger partial charge < -0.3 is 9.64 Å². The Morgan fingerprint density at radius 3 is 2.96 bits per heavy atom. The highest BCUT2D eigenvalue weighted by Crippen LogP contribution is 2.34. The number of carbonyl (C=O) groups is 1. The van der Waals surface area contributed by atoms with E-state index < -0.39 is 0 Å². The molecule has 1 fully saturated rings. The van der Waals surface area contributed by atoms with Gasteiger partial charge in [-0.05, 0) is 25.3 Å². The third-order valence-electron chi connectivity index (χ3n) is 5.47. The van der Waals surface area contributed by atoms with E-state index in [1.807, 2.05) is 0 Å². The first-order valence-electron chi connectivity index (χ1n) is 9.41. The molecule has 1 aliphatic carbocycles. The van der Waals surface area contributed by atoms with Crippen LogP contribution in [0.5, 0.6) is 5.88 Å². The van der Waals surface area contributed by atoms with Crippen molar-refractivity contribution in [1.29, 1.82) is 0 Å². The van der Waals surface area contributed by atoms with Crippen molar-refractivity contribution in [2.45, 2.75) is 43.0 Å². The zero-order chi connectivity index (χ0) is 19.3. The number of hydrogen-bond donors (Lipinski definition) is 0. The van der Waals surface area contributed by atoms with Crippen molar-refractivity contribution in [3.05, 3.63) is 45.0 Å². The SMILES string of the molecule is O=C(CC1CSc2nc3c(c(=O)n21)CCC3)N1CC(Oc2ccc(Cl)cn2)C1. The lowest BCUT2D eigenvalue weighted by atomic mass is 10.1. The number of pyridine rings is 1. The standard InChI is InChI=1S/C19H19ClN4O3S/c20-11-4-5-16(21-7-11)27-13-8-23(9-13)17(25)6-12-10-28-19-22-15-3-1-2-14(15)18(26)24(12)19/h4-5,7,12-13H,1-3,6,8-10H2. The summed E-state index contributed by atoms with van der Waals surface area (Å²) in [6.07, 6.45) is 4.49. The molecule has 1 amide bonds. The summed E-state index contributed by atoms with van der Waals surface area (Å²) in [4.78, 5) is 36.0. The number of amides is 1. The Morgan fingerprint density at radius 1 is 1.32 bits per heavy atom. The molecule has 28 heavy (non-hydrogen) atoms. The Balaban J connectivity index is 1.20. The second kappa shape index (κ2) is 7.08. The molecular weight excluding hydrogens is 400 g/mol. The lowest BCUT2D eigenvalue weighted by Crippen LogP contribution is -2.56. The van der Waals surface area contributed by atoms with Crippen LogP contribution in [0.1, 0.15) is 30.1 Å². The number of carbonyl (C=O) groups excluding carboxylic acids is 1. The number of hydrogen-bond acceptors (Lipinski definition) is 6. The lowest BCUT2D eigenvalue weighted by molar-refractivity contribution is -0.140. The molecule has 1 atom stereocenters. The maximum atomic E-state index is 12.8. The zero-order valence-corrected chi connectivity index (χ0v) is 16.7. The summed E-state index contributed by atoms with van der Waals surface area (Å²) in [7, 11) is 0. The highest BCUT2D eigenvalue weighted by atomic mass is 35.5. The van der Waals surface area contributed by atoms with E-state index in [4.69, 9.17) is 16.3 Å². The van der Waals surface area contributed by atoms with E-state index in [9.17, 15) is 9.59 Å². The first-order valence-corrected chi connectivity index (χ1v) is 10.8. The predicted octanol–water partition coefficient (Wildman–Crippen LogP) is 2.11. The smallest absolute Gasteiger partial charge is 0.257 e. The molecule has 2 aliphatic heterocycles. The normalized spacial score (nSPS) is 20.6. The van der Waals surface area contributed by atoms with Gasteiger partial charge in [0.05, 0.1) is 29.8 Å². The monoisotopic (exact) mass is 418 g/mol. The van der Waals surface area contributed by atoms with Crippen LogP contribution in [-0.4, -0.2) is 50.3 Å². The van der Waals surface area contributed by atoms with E-state index >= 15 is 0 Å². The molecule has 4 heterocycles. The van der Waals surface area contributed by atoms with Crippen LogP contribution in [0.4, 0.5) is 0 Å². The second-order valence-corrected chi connectivity index (χ2v) is 8.79. The van der Waals surface area contributed by atoms with Gasteiger partial charge >= 0.3 is 0 Å². The second-order valence-electron chi connectivity index (χ2n) is 7.37. The average molecular weight is 419 g/mol. The fourth-order valence-corrected chi connectivity index (χ4v) is 5.22. The van der Waals surface area contributed by atoms with Gasteiger partial charge in [0.2, 0.25) is 11.8 Å². The van der Waals surface area contributed by atoms with Crippen LogP contribution in [-0.2, 0) is 17.6 Å². The Kier molecular flexibility index (Phi) is 4.55. The van der Waals surface area contributed by atoms with Gasteiger partial charge in [0.1, 0.15) is 6.10 Å². The predicted molar refractivity (Wildman–Crippen MR) is 105 cm³/mol. The summed E-state index contributed by atoms with van der Waals surface area (Å²) in [5, 5.41) is 1.32. The number of rotatable bonds is 4. The average Bonchev–Trinajstić information content (AvgIpc) is 3.27. The molecule has 3 aliphatic rings. The molecule has 9 heteroatoms. The molecule has 0 aromatic carbocycles. The number of ether oxygens (including phenoxy) is 1. The van der Waals surface area contributed by atoms with E-state index in [1.165, 1.54) is 6.20 Å². The zero-order valence-electron chi connectivity index (χ0n) is 15.1. The van der Waals surface area contributed by atoms with Gasteiger partial charge in [0.25, 0.3) is 5.56 Å². The van der Waals surface area contributed by atoms with Gasteiger partial charge in [-0.25, -0.2) is 9.97 Å². The van der Waals surface area contributed by atoms with Crippen LogP contribution in [0.25, 0.3) is 0 Å². The summed E-state index contributed by atoms with van der Waals surface area (Å²) in [5.74, 6) is 1.28. The van der Waals surface area contributed by atoms with Crippen molar-refractivity contribution in [1.82, 2.24) is 19.4 Å². The highest BCUT2D eigenvalue weighted by molar-refractivity contribution is 7.99. The van der Waals surface area contributed by atoms with E-state index in [1.54, 1.807) is 33.4 Å². The molecule has 146 valence electrons. The van der Waals surface area contributed by atoms with Gasteiger partial charge in [-0.1, -0.05) is 23.4 Å². The fraction of sp³-hybridized carbons (Fsp3) is 0.474. The Morgan fingerprint density at radius 2 is 2.18 bits per heavy atom. The third kappa shape index (κ3) is 3.18. The molecule has 0 radical (unpaired) electrons. The Hall–Kier alpha value is -2.06. The molecular formula is C19H19ClN4O3S. The van der Waals surface area contributed by atoms with Gasteiger partial charge in [-0.15, -0.1) is 0 Å². The van der Waals surface area contributed by atoms with Crippen LogP contribution in [0.3, 0.4) is 0 Å². The van der Waals surface area contributed by atoms with Crippen molar-refractivity contribution in [3.8, 4) is 5.88 Å². The molecule has 2 aromatic rings. The quantitative estimate of drug-likeness (QED) is 0.708. The summed E-state index contributed by atoms with van der Waals surface area (Å²) in [6, 6.07) is 3.33. The van der Waals surface area contributed by atoms with Crippen LogP contribution in [0, 0.1) is 0 Å². The molecule has 1 saturated heterocycles. The van der Waals surface area contributed by atoms with E-state index in [2.05, 4.69) is 9.97 Å². The number of likely N-dealkylation sites (tertiary alicyclic amines) is 1. The molecule has 1 unspecified atom stereocenters. The molecule has 7 nitrogen and oxygen atoms in total. The summed E-state index contributed by atoms with van der Waals surface area (Å²) >= 11 is 7.39. The van der Waals surface area contributed by atoms with Crippen molar-refractivity contribution in [3.63, 3.8) is 0 Å². The van der Waals surface area contributed by atoms with E-state index in [0.29, 0.717) is 30.4 Å². The first-order chi connectivity index (χ1) is 13.6. The van der Waals surface area contributed by atoms with Gasteiger partial charge in [0, 0.05) is 30.0 Å². The third-order valence-corrected chi connectivity index (χ3v) is 6.79. The minimum atomic E-state index is -0.115. The van der Waals surface area contributed by atoms with Crippen molar-refractivity contribution < 1.29 is 9.53 Å². The molecule has 5 rings (SSSR count). The number of aryl methyl sites for hydroxylation is 1. The van der Waals surface area contributed by atoms with Gasteiger partial charge in [-0.3, -0.25) is 14.2 Å². The molecule has 0 saturated carbocycles. The molecule has 0 N–H and O–H groups in total. The Bertz CT molecular complexity index is 988. The number of fused-ring (bicyclic) bond motifs is 2. The minimum Gasteiger partial charge on any atom is -0.471 e. The largest absolute Gasteiger partial charge is 0.471 e.